The number of hydrogen-bond donors (Lipinski definition) is 1. The Morgan fingerprint density at radius 1 is 1.23 bits per heavy atom. The molecule has 0 amide bonds. The second kappa shape index (κ2) is 6.39. The molecule has 0 aromatic rings. The maximum atomic E-state index is 9.69. The third-order valence-corrected chi connectivity index (χ3v) is 2.11. The highest BCUT2D eigenvalue weighted by molar-refractivity contribution is 4.72. The van der Waals surface area contributed by atoms with Crippen LogP contribution in [0.25, 0.3) is 0 Å². The van der Waals surface area contributed by atoms with Crippen molar-refractivity contribution in [2.24, 2.45) is 5.41 Å². The molecule has 1 N–H and O–H groups in total. The van der Waals surface area contributed by atoms with Crippen molar-refractivity contribution in [3.63, 3.8) is 0 Å². The van der Waals surface area contributed by atoms with E-state index in [1.54, 1.807) is 0 Å². The molecule has 0 saturated carbocycles. The van der Waals surface area contributed by atoms with Gasteiger partial charge in [-0.05, 0) is 24.7 Å². The molecule has 0 radical (unpaired) electrons. The van der Waals surface area contributed by atoms with E-state index < -0.39 is 0 Å². The third kappa shape index (κ3) is 7.03. The van der Waals surface area contributed by atoms with Gasteiger partial charge in [-0.2, -0.15) is 0 Å². The Kier molecular flexibility index (Phi) is 6.35. The van der Waals surface area contributed by atoms with Crippen LogP contribution in [0.4, 0.5) is 0 Å². The molecular weight excluding hydrogens is 164 g/mol. The Labute approximate surface area is 82.3 Å². The van der Waals surface area contributed by atoms with E-state index in [1.165, 1.54) is 0 Å². The molecule has 13 heavy (non-hydrogen) atoms. The molecule has 0 aliphatic rings. The highest BCUT2D eigenvalue weighted by Gasteiger charge is 2.20. The van der Waals surface area contributed by atoms with Gasteiger partial charge in [0.2, 0.25) is 0 Å². The molecule has 1 atom stereocenters. The largest absolute Gasteiger partial charge is 0.393 e. The molecule has 0 aromatic heterocycles. The summed E-state index contributed by atoms with van der Waals surface area (Å²) in [6, 6.07) is 0. The van der Waals surface area contributed by atoms with Crippen LogP contribution in [0.3, 0.4) is 0 Å². The average Bonchev–Trinajstić information content (AvgIpc) is 2.02. The maximum absolute atomic E-state index is 9.69. The molecule has 80 valence electrons. The lowest BCUT2D eigenvalue weighted by Crippen LogP contribution is -2.26. The van der Waals surface area contributed by atoms with E-state index in [9.17, 15) is 5.11 Å². The fourth-order valence-corrected chi connectivity index (χ4v) is 1.06. The van der Waals surface area contributed by atoms with Crippen LogP contribution in [-0.2, 0) is 4.74 Å². The second-order valence-corrected chi connectivity index (χ2v) is 4.64. The van der Waals surface area contributed by atoms with E-state index in [4.69, 9.17) is 4.74 Å². The number of aliphatic hydroxyl groups is 1. The van der Waals surface area contributed by atoms with E-state index in [0.717, 1.165) is 32.5 Å². The third-order valence-electron chi connectivity index (χ3n) is 2.11. The zero-order valence-electron chi connectivity index (χ0n) is 9.47. The molecule has 0 saturated heterocycles. The highest BCUT2D eigenvalue weighted by atomic mass is 16.5. The van der Waals surface area contributed by atoms with Crippen molar-refractivity contribution in [2.75, 3.05) is 13.2 Å². The Balaban J connectivity index is 3.32. The van der Waals surface area contributed by atoms with Crippen LogP contribution in [-0.4, -0.2) is 24.4 Å². The van der Waals surface area contributed by atoms with Crippen LogP contribution >= 0.6 is 0 Å². The SMILES string of the molecule is CCCOCCCC(O)C(C)(C)C. The molecule has 0 rings (SSSR count). The zero-order chi connectivity index (χ0) is 10.3. The Morgan fingerprint density at radius 3 is 2.31 bits per heavy atom. The minimum atomic E-state index is -0.210. The number of ether oxygens (including phenoxy) is 1. The van der Waals surface area contributed by atoms with Crippen LogP contribution in [0.5, 0.6) is 0 Å². The smallest absolute Gasteiger partial charge is 0.0589 e. The first-order valence-electron chi connectivity index (χ1n) is 5.24. The predicted octanol–water partition coefficient (Wildman–Crippen LogP) is 2.60. The quantitative estimate of drug-likeness (QED) is 0.649. The van der Waals surface area contributed by atoms with Crippen LogP contribution in [0, 0.1) is 5.41 Å². The summed E-state index contributed by atoms with van der Waals surface area (Å²) in [7, 11) is 0. The number of rotatable bonds is 6. The molecule has 0 aliphatic carbocycles. The molecule has 2 heteroatoms. The summed E-state index contributed by atoms with van der Waals surface area (Å²) < 4.78 is 5.33. The molecule has 0 spiro atoms. The lowest BCUT2D eigenvalue weighted by molar-refractivity contribution is 0.0423. The average molecular weight is 188 g/mol. The summed E-state index contributed by atoms with van der Waals surface area (Å²) in [6.45, 7) is 9.90. The lowest BCUT2D eigenvalue weighted by Gasteiger charge is -2.25. The highest BCUT2D eigenvalue weighted by Crippen LogP contribution is 2.22. The van der Waals surface area contributed by atoms with Crippen molar-refractivity contribution in [2.45, 2.75) is 53.1 Å². The minimum absolute atomic E-state index is 0.00472. The van der Waals surface area contributed by atoms with Crippen LogP contribution in [0.2, 0.25) is 0 Å². The zero-order valence-corrected chi connectivity index (χ0v) is 9.47. The monoisotopic (exact) mass is 188 g/mol. The van der Waals surface area contributed by atoms with Gasteiger partial charge in [-0.15, -0.1) is 0 Å². The maximum Gasteiger partial charge on any atom is 0.0589 e. The molecule has 2 nitrogen and oxygen atoms in total. The van der Waals surface area contributed by atoms with E-state index >= 15 is 0 Å². The van der Waals surface area contributed by atoms with Crippen LogP contribution in [0.15, 0.2) is 0 Å². The predicted molar refractivity (Wildman–Crippen MR) is 55.8 cm³/mol. The number of hydrogen-bond acceptors (Lipinski definition) is 2. The van der Waals surface area contributed by atoms with Crippen molar-refractivity contribution < 1.29 is 9.84 Å². The summed E-state index contributed by atoms with van der Waals surface area (Å²) in [5.74, 6) is 0. The first-order chi connectivity index (χ1) is 5.98. The van der Waals surface area contributed by atoms with E-state index in [-0.39, 0.29) is 11.5 Å². The van der Waals surface area contributed by atoms with Crippen molar-refractivity contribution in [3.8, 4) is 0 Å². The van der Waals surface area contributed by atoms with E-state index in [2.05, 4.69) is 27.7 Å². The number of aliphatic hydroxyl groups excluding tert-OH is 1. The van der Waals surface area contributed by atoms with Crippen molar-refractivity contribution in [3.05, 3.63) is 0 Å². The Morgan fingerprint density at radius 2 is 1.85 bits per heavy atom. The summed E-state index contributed by atoms with van der Waals surface area (Å²) >= 11 is 0. The molecular formula is C11H24O2. The standard InChI is InChI=1S/C11H24O2/c1-5-8-13-9-6-7-10(12)11(2,3)4/h10,12H,5-9H2,1-4H3. The van der Waals surface area contributed by atoms with Gasteiger partial charge in [-0.3, -0.25) is 0 Å². The fraction of sp³-hybridized carbons (Fsp3) is 1.00. The molecule has 1 unspecified atom stereocenters. The van der Waals surface area contributed by atoms with Gasteiger partial charge >= 0.3 is 0 Å². The Hall–Kier alpha value is -0.0800. The van der Waals surface area contributed by atoms with Crippen molar-refractivity contribution >= 4 is 0 Å². The fourth-order valence-electron chi connectivity index (χ4n) is 1.06. The van der Waals surface area contributed by atoms with Crippen LogP contribution in [0.1, 0.15) is 47.0 Å². The van der Waals surface area contributed by atoms with Gasteiger partial charge in [0.05, 0.1) is 6.10 Å². The molecule has 0 fully saturated rings. The van der Waals surface area contributed by atoms with Gasteiger partial charge in [0, 0.05) is 13.2 Å². The van der Waals surface area contributed by atoms with Crippen LogP contribution < -0.4 is 0 Å². The van der Waals surface area contributed by atoms with E-state index in [0.29, 0.717) is 0 Å². The van der Waals surface area contributed by atoms with Crippen molar-refractivity contribution in [1.82, 2.24) is 0 Å². The van der Waals surface area contributed by atoms with E-state index in [1.807, 2.05) is 0 Å². The van der Waals surface area contributed by atoms with Gasteiger partial charge in [0.15, 0.2) is 0 Å². The van der Waals surface area contributed by atoms with Gasteiger partial charge in [-0.25, -0.2) is 0 Å². The summed E-state index contributed by atoms with van der Waals surface area (Å²) in [4.78, 5) is 0. The van der Waals surface area contributed by atoms with Gasteiger partial charge in [-0.1, -0.05) is 27.7 Å². The Bertz CT molecular complexity index is 116. The second-order valence-electron chi connectivity index (χ2n) is 4.64. The van der Waals surface area contributed by atoms with Crippen molar-refractivity contribution in [1.29, 1.82) is 0 Å². The molecule has 0 aliphatic heterocycles. The molecule has 0 aromatic carbocycles. The normalized spacial score (nSPS) is 14.5. The first-order valence-corrected chi connectivity index (χ1v) is 5.24. The molecule has 0 bridgehead atoms. The summed E-state index contributed by atoms with van der Waals surface area (Å²) in [5, 5.41) is 9.69. The minimum Gasteiger partial charge on any atom is -0.393 e. The lowest BCUT2D eigenvalue weighted by atomic mass is 9.87. The summed E-state index contributed by atoms with van der Waals surface area (Å²) in [6.07, 6.45) is 2.66. The van der Waals surface area contributed by atoms with Gasteiger partial charge < -0.3 is 9.84 Å². The van der Waals surface area contributed by atoms with Gasteiger partial charge in [0.1, 0.15) is 0 Å². The summed E-state index contributed by atoms with van der Waals surface area (Å²) in [5.41, 5.74) is 0.00472. The first kappa shape index (κ1) is 12.9. The molecule has 0 heterocycles. The topological polar surface area (TPSA) is 29.5 Å². The van der Waals surface area contributed by atoms with Gasteiger partial charge in [0.25, 0.3) is 0 Å².